The van der Waals surface area contributed by atoms with Gasteiger partial charge in [-0.3, -0.25) is 0 Å². The third kappa shape index (κ3) is 4.38. The van der Waals surface area contributed by atoms with Crippen molar-refractivity contribution in [2.75, 3.05) is 0 Å². The molecule has 0 atom stereocenters. The molecule has 1 aromatic rings. The van der Waals surface area contributed by atoms with Crippen LogP contribution in [0.25, 0.3) is 0 Å². The van der Waals surface area contributed by atoms with E-state index in [0.29, 0.717) is 13.8 Å². The molecule has 203 valence electrons. The second-order valence-electron chi connectivity index (χ2n) is 7.20. The summed E-state index contributed by atoms with van der Waals surface area (Å²) in [5.74, 6) is -44.4. The Labute approximate surface area is 182 Å². The maximum absolute atomic E-state index is 14.4. The van der Waals surface area contributed by atoms with Crippen molar-refractivity contribution in [2.24, 2.45) is 0 Å². The van der Waals surface area contributed by atoms with Crippen LogP contribution in [0.5, 0.6) is 0 Å². The van der Waals surface area contributed by atoms with E-state index in [0.717, 1.165) is 0 Å². The predicted molar refractivity (Wildman–Crippen MR) is 79.8 cm³/mol. The smallest absolute Gasteiger partial charge is 0.194 e. The molecule has 0 bridgehead atoms. The van der Waals surface area contributed by atoms with Gasteiger partial charge in [0.05, 0.1) is 0 Å². The molecule has 1 radical (unpaired) electrons. The highest BCUT2D eigenvalue weighted by atomic mass is 19.4. The van der Waals surface area contributed by atoms with Crippen LogP contribution < -0.4 is 0 Å². The van der Waals surface area contributed by atoms with E-state index in [1.54, 1.807) is 0 Å². The monoisotopic (exact) mass is 555 g/mol. The van der Waals surface area contributed by atoms with E-state index in [1.165, 1.54) is 0 Å². The third-order valence-corrected chi connectivity index (χ3v) is 4.55. The first-order chi connectivity index (χ1) is 15.0. The summed E-state index contributed by atoms with van der Waals surface area (Å²) in [5.41, 5.74) is -7.36. The van der Waals surface area contributed by atoms with E-state index in [-0.39, 0.29) is 6.07 Å². The van der Waals surface area contributed by atoms with Gasteiger partial charge in [0.2, 0.25) is 0 Å². The number of alkyl halides is 18. The van der Waals surface area contributed by atoms with Crippen LogP contribution in [0, 0.1) is 5.92 Å². The lowest BCUT2D eigenvalue weighted by molar-refractivity contribution is -0.400. The van der Waals surface area contributed by atoms with E-state index >= 15 is 0 Å². The molecule has 0 nitrogen and oxygen atoms in total. The summed E-state index contributed by atoms with van der Waals surface area (Å²) in [6.07, 6.45) is -14.7. The zero-order chi connectivity index (χ0) is 28.4. The van der Waals surface area contributed by atoms with Gasteiger partial charge in [0.1, 0.15) is 0 Å². The molecule has 0 aliphatic carbocycles. The number of hydrogen-bond donors (Lipinski definition) is 0. The van der Waals surface area contributed by atoms with E-state index in [1.807, 2.05) is 0 Å². The van der Waals surface area contributed by atoms with Crippen LogP contribution in [0.1, 0.15) is 30.5 Å². The Morgan fingerprint density at radius 3 is 1.14 bits per heavy atom. The molecule has 0 saturated heterocycles. The highest BCUT2D eigenvalue weighted by Gasteiger charge is 2.83. The van der Waals surface area contributed by atoms with Gasteiger partial charge in [-0.05, 0) is 17.5 Å². The molecular weight excluding hydrogens is 546 g/mol. The Bertz CT molecular complexity index is 918. The lowest BCUT2D eigenvalue weighted by Gasteiger charge is -2.36. The van der Waals surface area contributed by atoms with E-state index in [9.17, 15) is 79.0 Å². The fourth-order valence-electron chi connectivity index (χ4n) is 2.54. The van der Waals surface area contributed by atoms with Crippen molar-refractivity contribution >= 4 is 0 Å². The van der Waals surface area contributed by atoms with Gasteiger partial charge < -0.3 is 0 Å². The predicted octanol–water partition coefficient (Wildman–Crippen LogP) is 8.50. The molecule has 0 unspecified atom stereocenters. The van der Waals surface area contributed by atoms with Crippen molar-refractivity contribution in [3.8, 4) is 0 Å². The van der Waals surface area contributed by atoms with Gasteiger partial charge in [0, 0.05) is 11.1 Å². The summed E-state index contributed by atoms with van der Waals surface area (Å²) >= 11 is 0. The van der Waals surface area contributed by atoms with E-state index < -0.39 is 82.6 Å². The van der Waals surface area contributed by atoms with Crippen molar-refractivity contribution < 1.29 is 79.0 Å². The van der Waals surface area contributed by atoms with Gasteiger partial charge in [-0.1, -0.05) is 26.0 Å². The minimum absolute atomic E-state index is 0.258. The van der Waals surface area contributed by atoms with Crippen LogP contribution in [0.4, 0.5) is 79.0 Å². The van der Waals surface area contributed by atoms with E-state index in [2.05, 4.69) is 0 Å². The molecule has 0 fully saturated rings. The van der Waals surface area contributed by atoms with Crippen molar-refractivity contribution in [3.05, 3.63) is 40.8 Å². The standard InChI is InChI=1S/C17H9F18/c1-6(2)8-4-3-7(10(18,19)12(22,23)14(26,27)16(30,31)32)5-9(8)11(20,21)13(24,25)15(28,29)17(33,34)35/h3-5H,1-2H3. The second kappa shape index (κ2) is 8.24. The first-order valence-corrected chi connectivity index (χ1v) is 8.39. The number of hydrogen-bond acceptors (Lipinski definition) is 0. The van der Waals surface area contributed by atoms with E-state index in [4.69, 9.17) is 0 Å². The SMILES string of the molecule is C[C](C)c1ccc(C(F)(F)C(F)(F)C(F)(F)C(F)(F)F)cc1C(F)(F)C(F)(F)C(F)(F)C(F)(F)F. The largest absolute Gasteiger partial charge is 0.460 e. The summed E-state index contributed by atoms with van der Waals surface area (Å²) in [6, 6.07) is -2.03. The number of rotatable bonds is 7. The summed E-state index contributed by atoms with van der Waals surface area (Å²) < 4.78 is 238. The Kier molecular flexibility index (Phi) is 7.30. The maximum Gasteiger partial charge on any atom is 0.460 e. The lowest BCUT2D eigenvalue weighted by atomic mass is 9.85. The highest BCUT2D eigenvalue weighted by molar-refractivity contribution is 5.45. The lowest BCUT2D eigenvalue weighted by Crippen LogP contribution is -2.60. The van der Waals surface area contributed by atoms with Crippen LogP contribution in [0.3, 0.4) is 0 Å². The van der Waals surface area contributed by atoms with Crippen molar-refractivity contribution in [3.63, 3.8) is 0 Å². The molecule has 0 saturated carbocycles. The minimum atomic E-state index is -7.56. The molecule has 0 aliphatic heterocycles. The fourth-order valence-corrected chi connectivity index (χ4v) is 2.54. The summed E-state index contributed by atoms with van der Waals surface area (Å²) in [6.45, 7) is 1.36. The fraction of sp³-hybridized carbons (Fsp3) is 0.588. The van der Waals surface area contributed by atoms with Crippen LogP contribution >= 0.6 is 0 Å². The Balaban J connectivity index is 3.96. The molecule has 35 heavy (non-hydrogen) atoms. The second-order valence-corrected chi connectivity index (χ2v) is 7.20. The zero-order valence-electron chi connectivity index (χ0n) is 16.5. The quantitative estimate of drug-likeness (QED) is 0.296. The summed E-state index contributed by atoms with van der Waals surface area (Å²) in [4.78, 5) is 0. The first kappa shape index (κ1) is 31.0. The molecule has 0 spiro atoms. The van der Waals surface area contributed by atoms with Crippen molar-refractivity contribution in [1.29, 1.82) is 0 Å². The van der Waals surface area contributed by atoms with Crippen LogP contribution in [-0.4, -0.2) is 36.0 Å². The number of benzene rings is 1. The highest BCUT2D eigenvalue weighted by Crippen LogP contribution is 2.60. The zero-order valence-corrected chi connectivity index (χ0v) is 16.5. The topological polar surface area (TPSA) is 0 Å². The third-order valence-electron chi connectivity index (χ3n) is 4.55. The van der Waals surface area contributed by atoms with Crippen LogP contribution in [-0.2, 0) is 11.8 Å². The van der Waals surface area contributed by atoms with Gasteiger partial charge >= 0.3 is 47.9 Å². The van der Waals surface area contributed by atoms with Crippen LogP contribution in [0.15, 0.2) is 18.2 Å². The minimum Gasteiger partial charge on any atom is -0.194 e. The maximum atomic E-state index is 14.4. The average Bonchev–Trinajstić information content (AvgIpc) is 2.64. The first-order valence-electron chi connectivity index (χ1n) is 8.39. The molecule has 0 aromatic heterocycles. The Morgan fingerprint density at radius 1 is 0.486 bits per heavy atom. The van der Waals surface area contributed by atoms with Crippen molar-refractivity contribution in [2.45, 2.75) is 61.7 Å². The molecule has 0 aliphatic rings. The molecule has 0 heterocycles. The molecule has 1 rings (SSSR count). The number of halogens is 18. The van der Waals surface area contributed by atoms with Crippen molar-refractivity contribution in [1.82, 2.24) is 0 Å². The average molecular weight is 555 g/mol. The van der Waals surface area contributed by atoms with Crippen LogP contribution in [0.2, 0.25) is 0 Å². The molecule has 18 heteroatoms. The normalized spacial score (nSPS) is 15.7. The van der Waals surface area contributed by atoms with Gasteiger partial charge in [0.15, 0.2) is 0 Å². The van der Waals surface area contributed by atoms with Gasteiger partial charge in [-0.15, -0.1) is 0 Å². The molecular formula is C17H9F18. The molecule has 0 amide bonds. The summed E-state index contributed by atoms with van der Waals surface area (Å²) in [5, 5.41) is 0. The Hall–Kier alpha value is -2.04. The molecule has 1 aromatic carbocycles. The Morgan fingerprint density at radius 2 is 0.829 bits per heavy atom. The van der Waals surface area contributed by atoms with Gasteiger partial charge in [0.25, 0.3) is 0 Å². The summed E-state index contributed by atoms with van der Waals surface area (Å²) in [7, 11) is 0. The molecule has 0 N–H and O–H groups in total. The van der Waals surface area contributed by atoms with Gasteiger partial charge in [-0.25, -0.2) is 0 Å². The van der Waals surface area contributed by atoms with Gasteiger partial charge in [-0.2, -0.15) is 79.0 Å².